The van der Waals surface area contributed by atoms with Gasteiger partial charge in [0.05, 0.1) is 19.9 Å². The number of nitrogens with zero attached hydrogens (tertiary/aromatic N) is 1. The van der Waals surface area contributed by atoms with E-state index in [1.165, 1.54) is 19.3 Å². The van der Waals surface area contributed by atoms with E-state index in [-0.39, 0.29) is 5.91 Å². The summed E-state index contributed by atoms with van der Waals surface area (Å²) in [6.45, 7) is 4.84. The summed E-state index contributed by atoms with van der Waals surface area (Å²) in [4.78, 5) is 12.0. The molecule has 1 amide bonds. The Labute approximate surface area is 161 Å². The third kappa shape index (κ3) is 6.77. The second kappa shape index (κ2) is 11.0. The van der Waals surface area contributed by atoms with Crippen molar-refractivity contribution in [2.45, 2.75) is 39.5 Å². The number of unbranched alkanes of at least 4 members (excludes halogenated alkanes) is 3. The lowest BCUT2D eigenvalue weighted by atomic mass is 10.1. The first-order valence-corrected chi connectivity index (χ1v) is 9.35. The maximum atomic E-state index is 12.0. The van der Waals surface area contributed by atoms with Gasteiger partial charge in [-0.05, 0) is 49.2 Å². The van der Waals surface area contributed by atoms with Crippen LogP contribution in [0.2, 0.25) is 0 Å². The molecule has 1 N–H and O–H groups in total. The van der Waals surface area contributed by atoms with Gasteiger partial charge in [0.15, 0.2) is 11.5 Å². The number of amides is 1. The van der Waals surface area contributed by atoms with Crippen LogP contribution in [0.1, 0.15) is 54.1 Å². The van der Waals surface area contributed by atoms with E-state index in [1.807, 2.05) is 37.3 Å². The molecule has 0 bridgehead atoms. The van der Waals surface area contributed by atoms with E-state index in [0.29, 0.717) is 17.9 Å². The Morgan fingerprint density at radius 1 is 1.07 bits per heavy atom. The summed E-state index contributed by atoms with van der Waals surface area (Å²) in [5.74, 6) is 1.12. The minimum atomic E-state index is -0.245. The molecule has 0 aromatic heterocycles. The molecule has 0 radical (unpaired) electrons. The van der Waals surface area contributed by atoms with Gasteiger partial charge in [-0.25, -0.2) is 5.43 Å². The molecule has 0 aliphatic rings. The predicted molar refractivity (Wildman–Crippen MR) is 109 cm³/mol. The van der Waals surface area contributed by atoms with Crippen molar-refractivity contribution in [1.82, 2.24) is 5.43 Å². The van der Waals surface area contributed by atoms with Gasteiger partial charge >= 0.3 is 0 Å². The van der Waals surface area contributed by atoms with E-state index < -0.39 is 0 Å². The molecule has 2 aromatic carbocycles. The number of benzene rings is 2. The number of hydrazone groups is 1. The predicted octanol–water partition coefficient (Wildman–Crippen LogP) is 4.73. The molecule has 0 aliphatic heterocycles. The number of hydrogen-bond donors (Lipinski definition) is 1. The first-order chi connectivity index (χ1) is 13.1. The van der Waals surface area contributed by atoms with Crippen molar-refractivity contribution in [1.29, 1.82) is 0 Å². The van der Waals surface area contributed by atoms with E-state index in [9.17, 15) is 4.79 Å². The van der Waals surface area contributed by atoms with Crippen LogP contribution in [0.5, 0.6) is 11.5 Å². The first kappa shape index (κ1) is 20.5. The van der Waals surface area contributed by atoms with Gasteiger partial charge in [-0.3, -0.25) is 4.79 Å². The molecule has 0 spiro atoms. The number of aryl methyl sites for hydroxylation is 1. The molecule has 27 heavy (non-hydrogen) atoms. The molecule has 0 unspecified atom stereocenters. The maximum absolute atomic E-state index is 12.0. The summed E-state index contributed by atoms with van der Waals surface area (Å²) in [7, 11) is 1.61. The molecule has 0 atom stereocenters. The maximum Gasteiger partial charge on any atom is 0.271 e. The smallest absolute Gasteiger partial charge is 0.271 e. The van der Waals surface area contributed by atoms with Crippen molar-refractivity contribution in [2.75, 3.05) is 13.7 Å². The number of hydrogen-bond acceptors (Lipinski definition) is 4. The normalized spacial score (nSPS) is 10.8. The molecule has 0 aliphatic carbocycles. The van der Waals surface area contributed by atoms with Crippen LogP contribution in [-0.4, -0.2) is 25.8 Å². The van der Waals surface area contributed by atoms with Crippen LogP contribution in [0.3, 0.4) is 0 Å². The van der Waals surface area contributed by atoms with Crippen LogP contribution in [0.15, 0.2) is 47.6 Å². The average molecular weight is 368 g/mol. The fraction of sp³-hybridized carbons (Fsp3) is 0.364. The Morgan fingerprint density at radius 2 is 1.85 bits per heavy atom. The molecule has 0 saturated heterocycles. The third-order valence-corrected chi connectivity index (χ3v) is 4.14. The monoisotopic (exact) mass is 368 g/mol. The van der Waals surface area contributed by atoms with Gasteiger partial charge < -0.3 is 9.47 Å². The topological polar surface area (TPSA) is 59.9 Å². The van der Waals surface area contributed by atoms with E-state index >= 15 is 0 Å². The second-order valence-electron chi connectivity index (χ2n) is 6.38. The zero-order valence-electron chi connectivity index (χ0n) is 16.3. The summed E-state index contributed by atoms with van der Waals surface area (Å²) in [6, 6.07) is 12.9. The Balaban J connectivity index is 1.91. The molecule has 0 fully saturated rings. The van der Waals surface area contributed by atoms with Gasteiger partial charge in [-0.1, -0.05) is 43.9 Å². The Bertz CT molecular complexity index is 755. The van der Waals surface area contributed by atoms with Crippen LogP contribution in [0, 0.1) is 6.92 Å². The molecule has 5 heteroatoms. The van der Waals surface area contributed by atoms with E-state index in [1.54, 1.807) is 25.5 Å². The zero-order valence-corrected chi connectivity index (χ0v) is 16.3. The summed E-state index contributed by atoms with van der Waals surface area (Å²) >= 11 is 0. The van der Waals surface area contributed by atoms with Gasteiger partial charge in [0.2, 0.25) is 0 Å². The fourth-order valence-electron chi connectivity index (χ4n) is 2.53. The molecule has 2 rings (SSSR count). The highest BCUT2D eigenvalue weighted by atomic mass is 16.5. The molecule has 5 nitrogen and oxygen atoms in total. The van der Waals surface area contributed by atoms with Gasteiger partial charge in [-0.2, -0.15) is 5.10 Å². The third-order valence-electron chi connectivity index (χ3n) is 4.14. The Kier molecular flexibility index (Phi) is 8.36. The fourth-order valence-corrected chi connectivity index (χ4v) is 2.53. The van der Waals surface area contributed by atoms with Gasteiger partial charge in [-0.15, -0.1) is 0 Å². The van der Waals surface area contributed by atoms with Crippen LogP contribution in [0.4, 0.5) is 0 Å². The lowest BCUT2D eigenvalue weighted by Crippen LogP contribution is -2.17. The van der Waals surface area contributed by atoms with Gasteiger partial charge in [0.1, 0.15) is 0 Å². The number of methoxy groups -OCH3 is 1. The Morgan fingerprint density at radius 3 is 2.56 bits per heavy atom. The molecule has 0 heterocycles. The quantitative estimate of drug-likeness (QED) is 0.375. The van der Waals surface area contributed by atoms with Crippen LogP contribution in [-0.2, 0) is 0 Å². The zero-order chi connectivity index (χ0) is 19.5. The highest BCUT2D eigenvalue weighted by Crippen LogP contribution is 2.27. The number of nitrogens with one attached hydrogen (secondary N) is 1. The van der Waals surface area contributed by atoms with E-state index in [2.05, 4.69) is 17.5 Å². The van der Waals surface area contributed by atoms with Gasteiger partial charge in [0, 0.05) is 5.56 Å². The summed E-state index contributed by atoms with van der Waals surface area (Å²) in [5.41, 5.74) is 5.02. The largest absolute Gasteiger partial charge is 0.493 e. The highest BCUT2D eigenvalue weighted by molar-refractivity contribution is 5.94. The molecule has 144 valence electrons. The molecule has 0 saturated carbocycles. The summed E-state index contributed by atoms with van der Waals surface area (Å²) in [6.07, 6.45) is 6.22. The van der Waals surface area contributed by atoms with Crippen molar-refractivity contribution in [3.63, 3.8) is 0 Å². The van der Waals surface area contributed by atoms with Gasteiger partial charge in [0.25, 0.3) is 5.91 Å². The average Bonchev–Trinajstić information content (AvgIpc) is 2.69. The first-order valence-electron chi connectivity index (χ1n) is 9.35. The minimum Gasteiger partial charge on any atom is -0.493 e. The number of ether oxygens (including phenoxy) is 2. The molecular weight excluding hydrogens is 340 g/mol. The summed E-state index contributed by atoms with van der Waals surface area (Å²) in [5, 5.41) is 4.02. The van der Waals surface area contributed by atoms with Crippen LogP contribution in [0.25, 0.3) is 0 Å². The minimum absolute atomic E-state index is 0.245. The van der Waals surface area contributed by atoms with E-state index in [0.717, 1.165) is 23.3 Å². The lowest BCUT2D eigenvalue weighted by Gasteiger charge is -2.11. The number of carbonyl (C=O) groups is 1. The molecular formula is C22H28N2O3. The van der Waals surface area contributed by atoms with Crippen molar-refractivity contribution in [3.05, 3.63) is 59.2 Å². The van der Waals surface area contributed by atoms with E-state index in [4.69, 9.17) is 9.47 Å². The molecule has 2 aromatic rings. The van der Waals surface area contributed by atoms with Crippen molar-refractivity contribution in [3.8, 4) is 11.5 Å². The highest BCUT2D eigenvalue weighted by Gasteiger charge is 2.06. The van der Waals surface area contributed by atoms with Crippen LogP contribution >= 0.6 is 0 Å². The van der Waals surface area contributed by atoms with Crippen molar-refractivity contribution in [2.24, 2.45) is 5.10 Å². The van der Waals surface area contributed by atoms with Crippen molar-refractivity contribution < 1.29 is 14.3 Å². The number of rotatable bonds is 10. The summed E-state index contributed by atoms with van der Waals surface area (Å²) < 4.78 is 11.2. The number of carbonyl (C=O) groups excluding carboxylic acids is 1. The second-order valence-corrected chi connectivity index (χ2v) is 6.38. The Hall–Kier alpha value is -2.82. The van der Waals surface area contributed by atoms with Crippen LogP contribution < -0.4 is 14.9 Å². The standard InChI is InChI=1S/C22H28N2O3/c1-4-5-6-7-14-27-20-13-10-18(15-21(20)26-3)16-23-24-22(25)19-11-8-17(2)9-12-19/h8-13,15-16H,4-7,14H2,1-3H3,(H,24,25). The lowest BCUT2D eigenvalue weighted by molar-refractivity contribution is 0.0955. The van der Waals surface area contributed by atoms with Crippen molar-refractivity contribution >= 4 is 12.1 Å². The SMILES string of the molecule is CCCCCCOc1ccc(C=NNC(=O)c2ccc(C)cc2)cc1OC.